The Hall–Kier alpha value is -0.520. The van der Waals surface area contributed by atoms with Crippen molar-refractivity contribution < 1.29 is 4.74 Å². The normalized spacial score (nSPS) is 12.9. The largest absolute Gasteiger partial charge is 0.383 e. The molecule has 0 saturated carbocycles. The minimum absolute atomic E-state index is 0.479. The Bertz CT molecular complexity index is 139. The molecule has 0 aromatic rings. The fourth-order valence-electron chi connectivity index (χ4n) is 1.02. The van der Waals surface area contributed by atoms with Crippen LogP contribution in [-0.4, -0.2) is 38.3 Å². The van der Waals surface area contributed by atoms with E-state index in [1.165, 1.54) is 0 Å². The zero-order valence-electron chi connectivity index (χ0n) is 8.34. The average molecular weight is 169 g/mol. The molecule has 0 aliphatic rings. The number of unbranched alkanes of at least 4 members (excludes halogenated alkanes) is 1. The standard InChI is InChI=1S/C10H19NO/c1-5-6-7-8-11(3)10(2)9-12-4/h1,10H,6-9H2,2-4H3. The highest BCUT2D eigenvalue weighted by molar-refractivity contribution is 4.83. The summed E-state index contributed by atoms with van der Waals surface area (Å²) in [6, 6.07) is 0.479. The molecule has 0 aliphatic carbocycles. The number of rotatable bonds is 6. The molecule has 1 atom stereocenters. The molecular formula is C10H19NO. The van der Waals surface area contributed by atoms with Crippen LogP contribution in [0.25, 0.3) is 0 Å². The first-order valence-electron chi connectivity index (χ1n) is 4.35. The Morgan fingerprint density at radius 3 is 2.75 bits per heavy atom. The van der Waals surface area contributed by atoms with E-state index in [1.807, 2.05) is 0 Å². The Kier molecular flexibility index (Phi) is 6.84. The summed E-state index contributed by atoms with van der Waals surface area (Å²) in [6.45, 7) is 3.99. The zero-order valence-corrected chi connectivity index (χ0v) is 8.34. The number of methoxy groups -OCH3 is 1. The lowest BCUT2D eigenvalue weighted by Gasteiger charge is -2.23. The van der Waals surface area contributed by atoms with Crippen molar-refractivity contribution in [1.29, 1.82) is 0 Å². The number of ether oxygens (including phenoxy) is 1. The lowest BCUT2D eigenvalue weighted by molar-refractivity contribution is 0.115. The number of terminal acetylenes is 1. The third-order valence-corrected chi connectivity index (χ3v) is 1.99. The van der Waals surface area contributed by atoms with E-state index in [2.05, 4.69) is 24.8 Å². The highest BCUT2D eigenvalue weighted by atomic mass is 16.5. The fraction of sp³-hybridized carbons (Fsp3) is 0.800. The molecule has 0 fully saturated rings. The number of hydrogen-bond donors (Lipinski definition) is 0. The van der Waals surface area contributed by atoms with Crippen LogP contribution < -0.4 is 0 Å². The van der Waals surface area contributed by atoms with Gasteiger partial charge in [0.2, 0.25) is 0 Å². The first-order chi connectivity index (χ1) is 5.72. The molecule has 1 unspecified atom stereocenters. The molecule has 0 aromatic heterocycles. The first kappa shape index (κ1) is 11.5. The van der Waals surface area contributed by atoms with Crippen LogP contribution in [0, 0.1) is 12.3 Å². The molecule has 2 nitrogen and oxygen atoms in total. The third-order valence-electron chi connectivity index (χ3n) is 1.99. The van der Waals surface area contributed by atoms with Gasteiger partial charge in [0.1, 0.15) is 0 Å². The van der Waals surface area contributed by atoms with Crippen LogP contribution in [0.15, 0.2) is 0 Å². The lowest BCUT2D eigenvalue weighted by Crippen LogP contribution is -2.33. The van der Waals surface area contributed by atoms with Gasteiger partial charge in [-0.05, 0) is 26.9 Å². The van der Waals surface area contributed by atoms with Gasteiger partial charge in [-0.15, -0.1) is 12.3 Å². The van der Waals surface area contributed by atoms with Gasteiger partial charge in [-0.3, -0.25) is 0 Å². The van der Waals surface area contributed by atoms with Crippen molar-refractivity contribution in [3.8, 4) is 12.3 Å². The summed E-state index contributed by atoms with van der Waals surface area (Å²) < 4.78 is 5.05. The number of nitrogens with zero attached hydrogens (tertiary/aromatic N) is 1. The maximum Gasteiger partial charge on any atom is 0.0615 e. The molecule has 0 spiro atoms. The minimum atomic E-state index is 0.479. The van der Waals surface area contributed by atoms with Crippen molar-refractivity contribution >= 4 is 0 Å². The molecule has 0 heterocycles. The highest BCUT2D eigenvalue weighted by Crippen LogP contribution is 1.98. The van der Waals surface area contributed by atoms with Gasteiger partial charge in [0.15, 0.2) is 0 Å². The molecule has 0 bridgehead atoms. The monoisotopic (exact) mass is 169 g/mol. The van der Waals surface area contributed by atoms with E-state index in [0.29, 0.717) is 6.04 Å². The zero-order chi connectivity index (χ0) is 9.40. The van der Waals surface area contributed by atoms with Crippen molar-refractivity contribution in [2.75, 3.05) is 27.3 Å². The van der Waals surface area contributed by atoms with E-state index in [9.17, 15) is 0 Å². The van der Waals surface area contributed by atoms with Crippen molar-refractivity contribution in [3.05, 3.63) is 0 Å². The Labute approximate surface area is 75.9 Å². The maximum atomic E-state index is 5.16. The van der Waals surface area contributed by atoms with Crippen LogP contribution in [0.1, 0.15) is 19.8 Å². The van der Waals surface area contributed by atoms with E-state index in [4.69, 9.17) is 11.2 Å². The topological polar surface area (TPSA) is 12.5 Å². The predicted molar refractivity (Wildman–Crippen MR) is 52.0 cm³/mol. The van der Waals surface area contributed by atoms with E-state index in [-0.39, 0.29) is 0 Å². The van der Waals surface area contributed by atoms with Gasteiger partial charge in [0, 0.05) is 19.6 Å². The van der Waals surface area contributed by atoms with Gasteiger partial charge in [-0.2, -0.15) is 0 Å². The first-order valence-corrected chi connectivity index (χ1v) is 4.35. The van der Waals surface area contributed by atoms with Gasteiger partial charge < -0.3 is 9.64 Å². The number of hydrogen-bond acceptors (Lipinski definition) is 2. The highest BCUT2D eigenvalue weighted by Gasteiger charge is 2.06. The molecule has 0 rings (SSSR count). The molecule has 12 heavy (non-hydrogen) atoms. The average Bonchev–Trinajstić information content (AvgIpc) is 2.05. The summed E-state index contributed by atoms with van der Waals surface area (Å²) in [5, 5.41) is 0. The summed E-state index contributed by atoms with van der Waals surface area (Å²) in [4.78, 5) is 2.26. The predicted octanol–water partition coefficient (Wildman–Crippen LogP) is 1.37. The Morgan fingerprint density at radius 2 is 2.25 bits per heavy atom. The smallest absolute Gasteiger partial charge is 0.0615 e. The van der Waals surface area contributed by atoms with Gasteiger partial charge in [-0.1, -0.05) is 0 Å². The lowest BCUT2D eigenvalue weighted by atomic mass is 10.2. The van der Waals surface area contributed by atoms with Crippen LogP contribution in [0.5, 0.6) is 0 Å². The van der Waals surface area contributed by atoms with Crippen molar-refractivity contribution in [1.82, 2.24) is 4.90 Å². The Balaban J connectivity index is 3.43. The van der Waals surface area contributed by atoms with Crippen LogP contribution in [0.4, 0.5) is 0 Å². The van der Waals surface area contributed by atoms with Crippen LogP contribution >= 0.6 is 0 Å². The molecule has 0 radical (unpaired) electrons. The van der Waals surface area contributed by atoms with Crippen molar-refractivity contribution in [2.24, 2.45) is 0 Å². The molecular weight excluding hydrogens is 150 g/mol. The summed E-state index contributed by atoms with van der Waals surface area (Å²) >= 11 is 0. The second-order valence-electron chi connectivity index (χ2n) is 3.09. The number of likely N-dealkylation sites (N-methyl/N-ethyl adjacent to an activating group) is 1. The summed E-state index contributed by atoms with van der Waals surface area (Å²) in [6.07, 6.45) is 7.09. The maximum absolute atomic E-state index is 5.16. The van der Waals surface area contributed by atoms with Crippen LogP contribution in [0.3, 0.4) is 0 Å². The molecule has 0 aromatic carbocycles. The quantitative estimate of drug-likeness (QED) is 0.440. The van der Waals surface area contributed by atoms with E-state index >= 15 is 0 Å². The fourth-order valence-corrected chi connectivity index (χ4v) is 1.02. The van der Waals surface area contributed by atoms with Crippen molar-refractivity contribution in [3.63, 3.8) is 0 Å². The Morgan fingerprint density at radius 1 is 1.58 bits per heavy atom. The second-order valence-corrected chi connectivity index (χ2v) is 3.09. The van der Waals surface area contributed by atoms with Gasteiger partial charge in [-0.25, -0.2) is 0 Å². The summed E-state index contributed by atoms with van der Waals surface area (Å²) in [5.74, 6) is 2.64. The SMILES string of the molecule is C#CCCCN(C)C(C)COC. The van der Waals surface area contributed by atoms with Gasteiger partial charge in [0.25, 0.3) is 0 Å². The van der Waals surface area contributed by atoms with Gasteiger partial charge in [0.05, 0.1) is 6.61 Å². The minimum Gasteiger partial charge on any atom is -0.383 e. The molecule has 0 amide bonds. The molecule has 0 N–H and O–H groups in total. The third kappa shape index (κ3) is 5.17. The van der Waals surface area contributed by atoms with Crippen molar-refractivity contribution in [2.45, 2.75) is 25.8 Å². The van der Waals surface area contributed by atoms with E-state index < -0.39 is 0 Å². The van der Waals surface area contributed by atoms with E-state index in [1.54, 1.807) is 7.11 Å². The van der Waals surface area contributed by atoms with E-state index in [0.717, 1.165) is 26.0 Å². The van der Waals surface area contributed by atoms with Crippen LogP contribution in [-0.2, 0) is 4.74 Å². The molecule has 70 valence electrons. The second kappa shape index (κ2) is 7.15. The van der Waals surface area contributed by atoms with Crippen LogP contribution in [0.2, 0.25) is 0 Å². The molecule has 0 saturated heterocycles. The molecule has 0 aliphatic heterocycles. The molecule has 2 heteroatoms. The summed E-state index contributed by atoms with van der Waals surface area (Å²) in [5.41, 5.74) is 0. The summed E-state index contributed by atoms with van der Waals surface area (Å²) in [7, 11) is 3.83. The van der Waals surface area contributed by atoms with Gasteiger partial charge >= 0.3 is 0 Å².